The summed E-state index contributed by atoms with van der Waals surface area (Å²) in [5, 5.41) is 15.9. The molecule has 0 aliphatic rings. The van der Waals surface area contributed by atoms with Crippen LogP contribution in [0.25, 0.3) is 0 Å². The van der Waals surface area contributed by atoms with Crippen LogP contribution in [0.1, 0.15) is 47.3 Å². The minimum absolute atomic E-state index is 0.0600. The zero-order chi connectivity index (χ0) is 22.4. The van der Waals surface area contributed by atoms with E-state index in [2.05, 4.69) is 10.2 Å². The number of H-pyrrole nitrogens is 1. The summed E-state index contributed by atoms with van der Waals surface area (Å²) in [6.45, 7) is 2.35. The SMILES string of the molecule is CCCN(CCC(c1ccccc1)c1c(F)cccc1F)C(=O)c1[nH]ncc(=O)c1O. The second-order valence-electron chi connectivity index (χ2n) is 7.14. The number of carbonyl (C=O) groups is 1. The molecule has 3 aromatic rings. The Morgan fingerprint density at radius 1 is 1.10 bits per heavy atom. The second kappa shape index (κ2) is 9.97. The first-order valence-electron chi connectivity index (χ1n) is 9.98. The minimum Gasteiger partial charge on any atom is -0.502 e. The van der Waals surface area contributed by atoms with Crippen LogP contribution in [-0.4, -0.2) is 39.2 Å². The van der Waals surface area contributed by atoms with Crippen LogP contribution in [-0.2, 0) is 0 Å². The molecule has 0 radical (unpaired) electrons. The Morgan fingerprint density at radius 2 is 1.77 bits per heavy atom. The van der Waals surface area contributed by atoms with Crippen molar-refractivity contribution in [3.63, 3.8) is 0 Å². The number of halogens is 2. The Labute approximate surface area is 178 Å². The van der Waals surface area contributed by atoms with Gasteiger partial charge in [0.25, 0.3) is 5.91 Å². The highest BCUT2D eigenvalue weighted by molar-refractivity contribution is 5.94. The van der Waals surface area contributed by atoms with Crippen LogP contribution >= 0.6 is 0 Å². The van der Waals surface area contributed by atoms with Crippen molar-refractivity contribution in [2.45, 2.75) is 25.7 Å². The number of nitrogens with zero attached hydrogens (tertiary/aromatic N) is 2. The number of benzene rings is 2. The zero-order valence-corrected chi connectivity index (χ0v) is 17.0. The molecule has 0 aliphatic heterocycles. The number of aromatic amines is 1. The Kier molecular flexibility index (Phi) is 7.12. The Hall–Kier alpha value is -3.55. The molecule has 2 aromatic carbocycles. The van der Waals surface area contributed by atoms with Crippen molar-refractivity contribution in [3.8, 4) is 5.75 Å². The molecule has 2 N–H and O–H groups in total. The van der Waals surface area contributed by atoms with Gasteiger partial charge in [-0.3, -0.25) is 14.7 Å². The molecule has 1 unspecified atom stereocenters. The van der Waals surface area contributed by atoms with E-state index in [-0.39, 0.29) is 24.2 Å². The quantitative estimate of drug-likeness (QED) is 0.572. The third kappa shape index (κ3) is 4.96. The molecule has 8 heteroatoms. The summed E-state index contributed by atoms with van der Waals surface area (Å²) in [4.78, 5) is 26.0. The second-order valence-corrected chi connectivity index (χ2v) is 7.14. The molecule has 0 fully saturated rings. The Balaban J connectivity index is 1.92. The smallest absolute Gasteiger partial charge is 0.275 e. The largest absolute Gasteiger partial charge is 0.502 e. The van der Waals surface area contributed by atoms with Crippen LogP contribution in [0.4, 0.5) is 8.78 Å². The predicted octanol–water partition coefficient (Wildman–Crippen LogP) is 3.83. The average molecular weight is 427 g/mol. The highest BCUT2D eigenvalue weighted by Crippen LogP contribution is 2.32. The molecule has 31 heavy (non-hydrogen) atoms. The third-order valence-corrected chi connectivity index (χ3v) is 5.06. The van der Waals surface area contributed by atoms with E-state index >= 15 is 0 Å². The number of amides is 1. The molecule has 0 saturated heterocycles. The highest BCUT2D eigenvalue weighted by Gasteiger charge is 2.26. The van der Waals surface area contributed by atoms with Gasteiger partial charge in [0.1, 0.15) is 11.6 Å². The van der Waals surface area contributed by atoms with E-state index in [1.54, 1.807) is 24.3 Å². The van der Waals surface area contributed by atoms with Gasteiger partial charge in [0, 0.05) is 24.6 Å². The van der Waals surface area contributed by atoms with Crippen molar-refractivity contribution in [2.75, 3.05) is 13.1 Å². The molecule has 1 atom stereocenters. The van der Waals surface area contributed by atoms with E-state index in [4.69, 9.17) is 0 Å². The fraction of sp³-hybridized carbons (Fsp3) is 0.261. The molecule has 0 bridgehead atoms. The van der Waals surface area contributed by atoms with Gasteiger partial charge < -0.3 is 10.0 Å². The fourth-order valence-electron chi connectivity index (χ4n) is 3.58. The Morgan fingerprint density at radius 3 is 2.42 bits per heavy atom. The molecule has 1 amide bonds. The van der Waals surface area contributed by atoms with Crippen LogP contribution in [0.3, 0.4) is 0 Å². The van der Waals surface area contributed by atoms with Gasteiger partial charge in [-0.15, -0.1) is 0 Å². The molecule has 0 spiro atoms. The molecule has 6 nitrogen and oxygen atoms in total. The number of nitrogens with one attached hydrogen (secondary N) is 1. The van der Waals surface area contributed by atoms with Crippen LogP contribution in [0.5, 0.6) is 5.75 Å². The van der Waals surface area contributed by atoms with Gasteiger partial charge in [-0.2, -0.15) is 5.10 Å². The molecule has 0 aliphatic carbocycles. The van der Waals surface area contributed by atoms with Gasteiger partial charge in [-0.1, -0.05) is 43.3 Å². The lowest BCUT2D eigenvalue weighted by Gasteiger charge is -2.26. The van der Waals surface area contributed by atoms with Crippen LogP contribution in [0, 0.1) is 11.6 Å². The monoisotopic (exact) mass is 427 g/mol. The first kappa shape index (κ1) is 22.1. The Bertz CT molecular complexity index is 1080. The van der Waals surface area contributed by atoms with Crippen molar-refractivity contribution in [2.24, 2.45) is 0 Å². The van der Waals surface area contributed by atoms with Gasteiger partial charge in [0.05, 0.1) is 6.20 Å². The van der Waals surface area contributed by atoms with E-state index in [0.29, 0.717) is 18.5 Å². The maximum Gasteiger partial charge on any atom is 0.275 e. The summed E-state index contributed by atoms with van der Waals surface area (Å²) in [6.07, 6.45) is 1.72. The zero-order valence-electron chi connectivity index (χ0n) is 17.0. The van der Waals surface area contributed by atoms with Crippen molar-refractivity contribution in [1.29, 1.82) is 0 Å². The lowest BCUT2D eigenvalue weighted by molar-refractivity contribution is 0.0740. The van der Waals surface area contributed by atoms with Crippen LogP contribution < -0.4 is 5.43 Å². The van der Waals surface area contributed by atoms with E-state index in [1.165, 1.54) is 23.1 Å². The van der Waals surface area contributed by atoms with Gasteiger partial charge in [-0.05, 0) is 30.5 Å². The van der Waals surface area contributed by atoms with Crippen molar-refractivity contribution in [1.82, 2.24) is 15.1 Å². The average Bonchev–Trinajstić information content (AvgIpc) is 2.77. The normalized spacial score (nSPS) is 11.8. The van der Waals surface area contributed by atoms with Crippen LogP contribution in [0.2, 0.25) is 0 Å². The van der Waals surface area contributed by atoms with Crippen molar-refractivity contribution in [3.05, 3.63) is 93.4 Å². The number of aromatic hydroxyl groups is 1. The lowest BCUT2D eigenvalue weighted by Crippen LogP contribution is -2.35. The molecular weight excluding hydrogens is 404 g/mol. The van der Waals surface area contributed by atoms with Gasteiger partial charge in [0.2, 0.25) is 5.43 Å². The molecule has 0 saturated carbocycles. The van der Waals surface area contributed by atoms with Gasteiger partial charge in [0.15, 0.2) is 11.4 Å². The van der Waals surface area contributed by atoms with E-state index < -0.39 is 34.6 Å². The van der Waals surface area contributed by atoms with E-state index in [9.17, 15) is 23.5 Å². The number of hydrogen-bond donors (Lipinski definition) is 2. The van der Waals surface area contributed by atoms with Gasteiger partial charge in [-0.25, -0.2) is 8.78 Å². The highest BCUT2D eigenvalue weighted by atomic mass is 19.1. The van der Waals surface area contributed by atoms with E-state index in [0.717, 1.165) is 6.20 Å². The lowest BCUT2D eigenvalue weighted by atomic mass is 9.87. The first-order valence-corrected chi connectivity index (χ1v) is 9.98. The number of aromatic nitrogens is 2. The molecule has 1 aromatic heterocycles. The molecule has 3 rings (SSSR count). The summed E-state index contributed by atoms with van der Waals surface area (Å²) >= 11 is 0. The molecular formula is C23H23F2N3O3. The topological polar surface area (TPSA) is 86.3 Å². The minimum atomic E-state index is -0.769. The third-order valence-electron chi connectivity index (χ3n) is 5.06. The summed E-state index contributed by atoms with van der Waals surface area (Å²) in [5.74, 6) is -3.25. The maximum atomic E-state index is 14.6. The summed E-state index contributed by atoms with van der Waals surface area (Å²) in [6, 6.07) is 12.7. The number of carbonyl (C=O) groups excluding carboxylic acids is 1. The summed E-state index contributed by atoms with van der Waals surface area (Å²) < 4.78 is 29.2. The standard InChI is InChI=1S/C23H23F2N3O3/c1-2-12-28(23(31)21-22(30)19(29)14-26-27-21)13-11-16(15-7-4-3-5-8-15)20-17(24)9-6-10-18(20)25/h3-10,14,16H,2,11-13H2,1H3,(H,26,30)(H,27,29). The summed E-state index contributed by atoms with van der Waals surface area (Å²) in [7, 11) is 0. The van der Waals surface area contributed by atoms with Gasteiger partial charge >= 0.3 is 0 Å². The first-order chi connectivity index (χ1) is 14.9. The summed E-state index contributed by atoms with van der Waals surface area (Å²) in [5.41, 5.74) is -0.424. The maximum absolute atomic E-state index is 14.6. The molecule has 162 valence electrons. The predicted molar refractivity (Wildman–Crippen MR) is 112 cm³/mol. The van der Waals surface area contributed by atoms with Crippen molar-refractivity contribution < 1.29 is 18.7 Å². The number of hydrogen-bond acceptors (Lipinski definition) is 4. The van der Waals surface area contributed by atoms with Crippen molar-refractivity contribution >= 4 is 5.91 Å². The number of rotatable bonds is 8. The van der Waals surface area contributed by atoms with E-state index in [1.807, 2.05) is 13.0 Å². The fourth-order valence-corrected chi connectivity index (χ4v) is 3.58. The van der Waals surface area contributed by atoms with Crippen LogP contribution in [0.15, 0.2) is 59.5 Å². The molecule has 1 heterocycles.